The normalized spacial score (nSPS) is 15.0. The highest BCUT2D eigenvalue weighted by atomic mass is 32.1. The number of hydrogen-bond acceptors (Lipinski definition) is 2. The highest BCUT2D eigenvalue weighted by Crippen LogP contribution is 2.66. The van der Waals surface area contributed by atoms with Crippen molar-refractivity contribution in [2.75, 3.05) is 4.90 Å². The van der Waals surface area contributed by atoms with Gasteiger partial charge in [-0.1, -0.05) is 170 Å². The summed E-state index contributed by atoms with van der Waals surface area (Å²) in [6.45, 7) is 0. The molecule has 1 heterocycles. The zero-order valence-electron chi connectivity index (χ0n) is 29.9. The predicted octanol–water partition coefficient (Wildman–Crippen LogP) is 14.7. The van der Waals surface area contributed by atoms with E-state index in [1.807, 2.05) is 11.3 Å². The number of anilines is 3. The zero-order chi connectivity index (χ0) is 36.1. The van der Waals surface area contributed by atoms with Gasteiger partial charge in [0.25, 0.3) is 0 Å². The SMILES string of the molecule is c1ccc(-c2ccccc2N(c2ccc3c(c2)C2(c4ccccc4-3)c3ccccc3-c3c2sc2ccccc32)c2cc3ccccc3c3ccccc23)cc1. The Morgan fingerprint density at radius 3 is 1.82 bits per heavy atom. The second kappa shape index (κ2) is 11.6. The average molecular weight is 716 g/mol. The van der Waals surface area contributed by atoms with Crippen molar-refractivity contribution in [1.29, 1.82) is 0 Å². The van der Waals surface area contributed by atoms with Crippen molar-refractivity contribution < 1.29 is 0 Å². The number of thiophene rings is 1. The average Bonchev–Trinajstić information content (AvgIpc) is 3.88. The first-order valence-corrected chi connectivity index (χ1v) is 19.8. The summed E-state index contributed by atoms with van der Waals surface area (Å²) in [5.41, 5.74) is 14.8. The second-order valence-corrected chi connectivity index (χ2v) is 15.8. The fraction of sp³-hybridized carbons (Fsp3) is 0.0189. The van der Waals surface area contributed by atoms with Crippen LogP contribution in [0, 0.1) is 0 Å². The van der Waals surface area contributed by atoms with Gasteiger partial charge < -0.3 is 4.90 Å². The van der Waals surface area contributed by atoms with Crippen LogP contribution in [0.1, 0.15) is 21.6 Å². The van der Waals surface area contributed by atoms with Crippen molar-refractivity contribution >= 4 is 60.0 Å². The molecule has 1 nitrogen and oxygen atoms in total. The summed E-state index contributed by atoms with van der Waals surface area (Å²) >= 11 is 1.96. The van der Waals surface area contributed by atoms with Gasteiger partial charge in [0.2, 0.25) is 0 Å². The molecule has 0 N–H and O–H groups in total. The van der Waals surface area contributed by atoms with Gasteiger partial charge in [0.05, 0.1) is 16.8 Å². The van der Waals surface area contributed by atoms with E-state index < -0.39 is 5.41 Å². The number of para-hydroxylation sites is 1. The van der Waals surface area contributed by atoms with Gasteiger partial charge >= 0.3 is 0 Å². The first-order chi connectivity index (χ1) is 27.3. The first-order valence-electron chi connectivity index (χ1n) is 19.0. The van der Waals surface area contributed by atoms with Gasteiger partial charge in [0.15, 0.2) is 0 Å². The first kappa shape index (κ1) is 30.7. The van der Waals surface area contributed by atoms with Crippen LogP contribution < -0.4 is 4.90 Å². The molecule has 0 saturated heterocycles. The van der Waals surface area contributed by atoms with Crippen LogP contribution in [0.3, 0.4) is 0 Å². The molecule has 0 aliphatic heterocycles. The van der Waals surface area contributed by atoms with Gasteiger partial charge in [0, 0.05) is 37.2 Å². The van der Waals surface area contributed by atoms with Gasteiger partial charge in [0.1, 0.15) is 0 Å². The van der Waals surface area contributed by atoms with E-state index in [1.54, 1.807) is 0 Å². The molecule has 9 aromatic carbocycles. The Hall–Kier alpha value is -6.74. The fourth-order valence-electron chi connectivity index (χ4n) is 9.83. The Morgan fingerprint density at radius 1 is 0.382 bits per heavy atom. The molecule has 1 atom stereocenters. The molecule has 12 rings (SSSR count). The van der Waals surface area contributed by atoms with Gasteiger partial charge in [-0.15, -0.1) is 11.3 Å². The van der Waals surface area contributed by atoms with E-state index in [0.717, 1.165) is 17.1 Å². The number of nitrogens with zero attached hydrogens (tertiary/aromatic N) is 1. The third-order valence-corrected chi connectivity index (χ3v) is 13.3. The van der Waals surface area contributed by atoms with Gasteiger partial charge in [-0.3, -0.25) is 0 Å². The maximum absolute atomic E-state index is 2.53. The summed E-state index contributed by atoms with van der Waals surface area (Å²) in [5, 5.41) is 6.31. The molecular formula is C53H33NS. The van der Waals surface area contributed by atoms with Crippen LogP contribution in [0.15, 0.2) is 200 Å². The Labute approximate surface area is 324 Å². The second-order valence-electron chi connectivity index (χ2n) is 14.8. The van der Waals surface area contributed by atoms with Crippen LogP contribution in [0.2, 0.25) is 0 Å². The third kappa shape index (κ3) is 4.18. The maximum Gasteiger partial charge on any atom is 0.0820 e. The van der Waals surface area contributed by atoms with Crippen LogP contribution in [-0.4, -0.2) is 0 Å². The summed E-state index contributed by atoms with van der Waals surface area (Å²) < 4.78 is 1.34. The summed E-state index contributed by atoms with van der Waals surface area (Å²) in [4.78, 5) is 3.95. The fourth-order valence-corrected chi connectivity index (χ4v) is 11.3. The van der Waals surface area contributed by atoms with Crippen LogP contribution in [-0.2, 0) is 5.41 Å². The number of fused-ring (bicyclic) bond motifs is 15. The molecule has 0 bridgehead atoms. The lowest BCUT2D eigenvalue weighted by Crippen LogP contribution is -2.25. The summed E-state index contributed by atoms with van der Waals surface area (Å²) in [6.07, 6.45) is 0. The minimum absolute atomic E-state index is 0.437. The smallest absolute Gasteiger partial charge is 0.0820 e. The summed E-state index contributed by atoms with van der Waals surface area (Å²) in [5.74, 6) is 0. The van der Waals surface area contributed by atoms with E-state index in [-0.39, 0.29) is 0 Å². The highest BCUT2D eigenvalue weighted by molar-refractivity contribution is 7.20. The Morgan fingerprint density at radius 2 is 0.982 bits per heavy atom. The molecule has 0 amide bonds. The molecule has 1 spiro atoms. The number of hydrogen-bond donors (Lipinski definition) is 0. The van der Waals surface area contributed by atoms with E-state index in [2.05, 4.69) is 205 Å². The lowest BCUT2D eigenvalue weighted by molar-refractivity contribution is 0.811. The van der Waals surface area contributed by atoms with Gasteiger partial charge in [-0.2, -0.15) is 0 Å². The van der Waals surface area contributed by atoms with Gasteiger partial charge in [-0.25, -0.2) is 0 Å². The maximum atomic E-state index is 2.53. The molecule has 2 heteroatoms. The number of rotatable bonds is 4. The monoisotopic (exact) mass is 715 g/mol. The van der Waals surface area contributed by atoms with Crippen molar-refractivity contribution in [3.63, 3.8) is 0 Å². The van der Waals surface area contributed by atoms with Crippen molar-refractivity contribution in [3.8, 4) is 33.4 Å². The van der Waals surface area contributed by atoms with Crippen molar-refractivity contribution in [2.24, 2.45) is 0 Å². The van der Waals surface area contributed by atoms with E-state index in [1.165, 1.54) is 86.6 Å². The third-order valence-electron chi connectivity index (χ3n) is 12.0. The Balaban J connectivity index is 1.20. The van der Waals surface area contributed by atoms with Crippen molar-refractivity contribution in [3.05, 3.63) is 222 Å². The van der Waals surface area contributed by atoms with Crippen LogP contribution in [0.4, 0.5) is 17.1 Å². The van der Waals surface area contributed by atoms with E-state index in [9.17, 15) is 0 Å². The topological polar surface area (TPSA) is 3.24 Å². The Kier molecular flexibility index (Phi) is 6.49. The molecule has 2 aliphatic rings. The molecule has 55 heavy (non-hydrogen) atoms. The van der Waals surface area contributed by atoms with Crippen molar-refractivity contribution in [1.82, 2.24) is 0 Å². The Bertz CT molecular complexity index is 3170. The molecular weight excluding hydrogens is 683 g/mol. The summed E-state index contributed by atoms with van der Waals surface area (Å²) in [7, 11) is 0. The number of benzene rings is 9. The molecule has 2 aliphatic carbocycles. The van der Waals surface area contributed by atoms with E-state index in [0.29, 0.717) is 0 Å². The summed E-state index contributed by atoms with van der Waals surface area (Å²) in [6, 6.07) is 74.4. The molecule has 0 fully saturated rings. The quantitative estimate of drug-likeness (QED) is 0.164. The van der Waals surface area contributed by atoms with E-state index in [4.69, 9.17) is 0 Å². The molecule has 1 unspecified atom stereocenters. The van der Waals surface area contributed by atoms with Crippen LogP contribution >= 0.6 is 11.3 Å². The molecule has 1 aromatic heterocycles. The molecule has 10 aromatic rings. The van der Waals surface area contributed by atoms with Crippen LogP contribution in [0.5, 0.6) is 0 Å². The molecule has 0 saturated carbocycles. The minimum atomic E-state index is -0.437. The largest absolute Gasteiger partial charge is 0.309 e. The molecule has 256 valence electrons. The van der Waals surface area contributed by atoms with Crippen LogP contribution in [0.25, 0.3) is 65.0 Å². The zero-order valence-corrected chi connectivity index (χ0v) is 30.7. The lowest BCUT2D eigenvalue weighted by atomic mass is 9.74. The highest BCUT2D eigenvalue weighted by Gasteiger charge is 2.53. The molecule has 0 radical (unpaired) electrons. The van der Waals surface area contributed by atoms with Gasteiger partial charge in [-0.05, 0) is 85.4 Å². The van der Waals surface area contributed by atoms with Crippen molar-refractivity contribution in [2.45, 2.75) is 5.41 Å². The minimum Gasteiger partial charge on any atom is -0.309 e. The predicted molar refractivity (Wildman–Crippen MR) is 233 cm³/mol. The van der Waals surface area contributed by atoms with E-state index >= 15 is 0 Å². The lowest BCUT2D eigenvalue weighted by Gasteiger charge is -2.32. The standard InChI is InChI=1S/C53H33NS/c1-2-16-34(17-3-1)38-20-10-14-28-48(38)54(49-32-35-18-4-5-19-37(35)39-21-6-7-23-42(39)49)36-30-31-41-40-22-8-12-26-45(40)53(47(41)33-36)46-27-13-9-24-43(46)51-44-25-11-15-29-50(44)55-52(51)53/h1-33H.